The van der Waals surface area contributed by atoms with Crippen LogP contribution in [0, 0.1) is 13.8 Å². The van der Waals surface area contributed by atoms with Gasteiger partial charge in [-0.05, 0) is 44.9 Å². The van der Waals surface area contributed by atoms with Crippen LogP contribution in [-0.2, 0) is 0 Å². The summed E-state index contributed by atoms with van der Waals surface area (Å²) in [4.78, 5) is 15.5. The lowest BCUT2D eigenvalue weighted by Gasteiger charge is -2.34. The number of nitrogens with zero attached hydrogens (tertiary/aromatic N) is 4. The zero-order chi connectivity index (χ0) is 16.2. The largest absolute Gasteiger partial charge is 0.395 e. The van der Waals surface area contributed by atoms with Crippen LogP contribution >= 0.6 is 0 Å². The molecule has 0 spiro atoms. The van der Waals surface area contributed by atoms with Crippen molar-refractivity contribution in [1.29, 1.82) is 0 Å². The normalized spacial score (nSPS) is 19.2. The third kappa shape index (κ3) is 3.59. The Morgan fingerprint density at radius 1 is 1.30 bits per heavy atom. The highest BCUT2D eigenvalue weighted by atomic mass is 16.3. The van der Waals surface area contributed by atoms with Crippen LogP contribution in [0.5, 0.6) is 0 Å². The molecule has 6 nitrogen and oxygen atoms in total. The minimum absolute atomic E-state index is 0.249. The van der Waals surface area contributed by atoms with Crippen molar-refractivity contribution < 1.29 is 5.11 Å². The lowest BCUT2D eigenvalue weighted by Crippen LogP contribution is -2.44. The van der Waals surface area contributed by atoms with Crippen LogP contribution in [0.25, 0.3) is 11.0 Å². The number of aliphatic hydroxyl groups is 1. The summed E-state index contributed by atoms with van der Waals surface area (Å²) >= 11 is 0. The Morgan fingerprint density at radius 2 is 2.17 bits per heavy atom. The maximum atomic E-state index is 9.49. The number of hydrogen-bond donors (Lipinski definition) is 2. The van der Waals surface area contributed by atoms with Crippen LogP contribution in [0.4, 0.5) is 5.82 Å². The second kappa shape index (κ2) is 7.19. The number of nitrogens with one attached hydrogen (secondary N) is 1. The molecule has 2 N–H and O–H groups in total. The van der Waals surface area contributed by atoms with E-state index in [2.05, 4.69) is 38.2 Å². The van der Waals surface area contributed by atoms with Gasteiger partial charge in [-0.25, -0.2) is 15.0 Å². The van der Waals surface area contributed by atoms with E-state index in [9.17, 15) is 5.11 Å². The number of hydrogen-bond acceptors (Lipinski definition) is 6. The predicted octanol–water partition coefficient (Wildman–Crippen LogP) is 1.90. The topological polar surface area (TPSA) is 74.2 Å². The number of fused-ring (bicyclic) bond motifs is 1. The molecule has 6 heteroatoms. The molecule has 1 saturated heterocycles. The summed E-state index contributed by atoms with van der Waals surface area (Å²) in [5.41, 5.74) is 2.85. The van der Waals surface area contributed by atoms with Crippen molar-refractivity contribution in [2.24, 2.45) is 0 Å². The minimum Gasteiger partial charge on any atom is -0.395 e. The van der Waals surface area contributed by atoms with E-state index in [4.69, 9.17) is 0 Å². The van der Waals surface area contributed by atoms with Gasteiger partial charge in [0.1, 0.15) is 12.1 Å². The Labute approximate surface area is 137 Å². The van der Waals surface area contributed by atoms with Gasteiger partial charge < -0.3 is 10.4 Å². The van der Waals surface area contributed by atoms with Crippen molar-refractivity contribution in [3.8, 4) is 0 Å². The van der Waals surface area contributed by atoms with Gasteiger partial charge in [-0.2, -0.15) is 0 Å². The molecule has 0 unspecified atom stereocenters. The van der Waals surface area contributed by atoms with E-state index in [-0.39, 0.29) is 6.61 Å². The summed E-state index contributed by atoms with van der Waals surface area (Å²) in [6.45, 7) is 7.08. The molecular formula is C17H25N5O. The fourth-order valence-electron chi connectivity index (χ4n) is 3.42. The number of anilines is 1. The zero-order valence-corrected chi connectivity index (χ0v) is 13.9. The first-order valence-corrected chi connectivity index (χ1v) is 8.37. The summed E-state index contributed by atoms with van der Waals surface area (Å²) in [6, 6.07) is 2.36. The maximum Gasteiger partial charge on any atom is 0.165 e. The Hall–Kier alpha value is -1.79. The van der Waals surface area contributed by atoms with Crippen LogP contribution in [0.3, 0.4) is 0 Å². The highest BCUT2D eigenvalue weighted by Gasteiger charge is 2.21. The molecule has 1 fully saturated rings. The van der Waals surface area contributed by atoms with E-state index in [1.165, 1.54) is 12.8 Å². The number of likely N-dealkylation sites (tertiary alicyclic amines) is 1. The van der Waals surface area contributed by atoms with Crippen molar-refractivity contribution in [2.75, 3.05) is 31.6 Å². The first kappa shape index (κ1) is 16.1. The number of piperidine rings is 1. The van der Waals surface area contributed by atoms with E-state index >= 15 is 0 Å². The highest BCUT2D eigenvalue weighted by molar-refractivity contribution is 5.89. The molecule has 0 bridgehead atoms. The lowest BCUT2D eigenvalue weighted by atomic mass is 10.0. The van der Waals surface area contributed by atoms with Gasteiger partial charge in [0, 0.05) is 24.8 Å². The molecule has 0 radical (unpaired) electrons. The second-order valence-corrected chi connectivity index (χ2v) is 6.30. The molecule has 2 aromatic heterocycles. The van der Waals surface area contributed by atoms with Crippen LogP contribution < -0.4 is 5.32 Å². The first-order valence-electron chi connectivity index (χ1n) is 8.37. The minimum atomic E-state index is 0.249. The van der Waals surface area contributed by atoms with Gasteiger partial charge in [0.05, 0.1) is 12.0 Å². The predicted molar refractivity (Wildman–Crippen MR) is 91.6 cm³/mol. The van der Waals surface area contributed by atoms with Gasteiger partial charge >= 0.3 is 0 Å². The Balaban J connectivity index is 1.70. The molecule has 0 amide bonds. The molecule has 124 valence electrons. The third-order valence-electron chi connectivity index (χ3n) is 4.58. The van der Waals surface area contributed by atoms with Crippen LogP contribution in [0.1, 0.15) is 30.5 Å². The van der Waals surface area contributed by atoms with Crippen molar-refractivity contribution >= 4 is 16.9 Å². The number of rotatable bonds is 5. The quantitative estimate of drug-likeness (QED) is 0.878. The Morgan fingerprint density at radius 3 is 3.00 bits per heavy atom. The SMILES string of the molecule is Cc1cc(C)c2c(NCCN3CCCC[C@H]3CO)ncnc2n1. The average molecular weight is 315 g/mol. The molecule has 3 heterocycles. The van der Waals surface area contributed by atoms with Crippen LogP contribution in [0.15, 0.2) is 12.4 Å². The molecule has 0 saturated carbocycles. The van der Waals surface area contributed by atoms with Crippen molar-refractivity contribution in [2.45, 2.75) is 39.2 Å². The van der Waals surface area contributed by atoms with Gasteiger partial charge in [-0.1, -0.05) is 6.42 Å². The first-order chi connectivity index (χ1) is 11.2. The Kier molecular flexibility index (Phi) is 5.03. The van der Waals surface area contributed by atoms with Crippen molar-refractivity contribution in [3.63, 3.8) is 0 Å². The molecule has 0 aromatic carbocycles. The summed E-state index contributed by atoms with van der Waals surface area (Å²) in [5.74, 6) is 0.845. The number of aliphatic hydroxyl groups excluding tert-OH is 1. The van der Waals surface area contributed by atoms with E-state index < -0.39 is 0 Å². The number of pyridine rings is 1. The highest BCUT2D eigenvalue weighted by Crippen LogP contribution is 2.22. The summed E-state index contributed by atoms with van der Waals surface area (Å²) in [6.07, 6.45) is 5.09. The summed E-state index contributed by atoms with van der Waals surface area (Å²) < 4.78 is 0. The second-order valence-electron chi connectivity index (χ2n) is 6.30. The Bertz CT molecular complexity index is 675. The smallest absolute Gasteiger partial charge is 0.165 e. The monoisotopic (exact) mass is 315 g/mol. The zero-order valence-electron chi connectivity index (χ0n) is 13.9. The van der Waals surface area contributed by atoms with Gasteiger partial charge in [-0.3, -0.25) is 4.90 Å². The fourth-order valence-corrected chi connectivity index (χ4v) is 3.42. The third-order valence-corrected chi connectivity index (χ3v) is 4.58. The molecule has 23 heavy (non-hydrogen) atoms. The molecule has 1 aliphatic rings. The van der Waals surface area contributed by atoms with Crippen molar-refractivity contribution in [1.82, 2.24) is 19.9 Å². The van der Waals surface area contributed by atoms with Gasteiger partial charge in [0.2, 0.25) is 0 Å². The van der Waals surface area contributed by atoms with E-state index in [1.54, 1.807) is 6.33 Å². The standard InChI is InChI=1S/C17H25N5O/c1-12-9-13(2)21-17-15(12)16(19-11-20-17)18-6-8-22-7-4-3-5-14(22)10-23/h9,11,14,23H,3-8,10H2,1-2H3,(H,18,19,20,21)/t14-/m0/s1. The maximum absolute atomic E-state index is 9.49. The molecule has 1 aliphatic heterocycles. The molecule has 3 rings (SSSR count). The van der Waals surface area contributed by atoms with Gasteiger partial charge in [0.15, 0.2) is 5.65 Å². The van der Waals surface area contributed by atoms with Gasteiger partial charge in [0.25, 0.3) is 0 Å². The summed E-state index contributed by atoms with van der Waals surface area (Å²) in [5, 5.41) is 13.9. The summed E-state index contributed by atoms with van der Waals surface area (Å²) in [7, 11) is 0. The van der Waals surface area contributed by atoms with E-state index in [0.29, 0.717) is 6.04 Å². The van der Waals surface area contributed by atoms with E-state index in [1.807, 2.05) is 6.92 Å². The molecule has 0 aliphatic carbocycles. The van der Waals surface area contributed by atoms with Gasteiger partial charge in [-0.15, -0.1) is 0 Å². The van der Waals surface area contributed by atoms with Crippen LogP contribution in [-0.4, -0.2) is 57.2 Å². The number of aromatic nitrogens is 3. The van der Waals surface area contributed by atoms with Crippen molar-refractivity contribution in [3.05, 3.63) is 23.7 Å². The lowest BCUT2D eigenvalue weighted by molar-refractivity contribution is 0.0940. The fraction of sp³-hybridized carbons (Fsp3) is 0.588. The molecule has 1 atom stereocenters. The van der Waals surface area contributed by atoms with Crippen LogP contribution in [0.2, 0.25) is 0 Å². The molecular weight excluding hydrogens is 290 g/mol. The molecule has 2 aromatic rings. The average Bonchev–Trinajstić information content (AvgIpc) is 2.55. The van der Waals surface area contributed by atoms with E-state index in [0.717, 1.165) is 54.2 Å². The number of aryl methyl sites for hydroxylation is 2.